The Morgan fingerprint density at radius 2 is 2.00 bits per heavy atom. The molecule has 0 saturated heterocycles. The number of carbonyl (C=O) groups is 1. The number of phenols is 1. The SMILES string of the molecule is COc1c(O)c(CO)c2c3c(cc4ccccc4c13)NC2=O. The lowest BCUT2D eigenvalue weighted by molar-refractivity contribution is 0.102. The lowest BCUT2D eigenvalue weighted by atomic mass is 9.94. The molecule has 5 heteroatoms. The van der Waals surface area contributed by atoms with Gasteiger partial charge in [-0.15, -0.1) is 0 Å². The first-order valence-electron chi connectivity index (χ1n) is 6.86. The quantitative estimate of drug-likeness (QED) is 0.635. The minimum atomic E-state index is -0.437. The summed E-state index contributed by atoms with van der Waals surface area (Å²) in [4.78, 5) is 12.3. The van der Waals surface area contributed by atoms with Crippen LogP contribution in [0.4, 0.5) is 5.69 Å². The summed E-state index contributed by atoms with van der Waals surface area (Å²) in [5.41, 5.74) is 1.18. The third kappa shape index (κ3) is 1.43. The normalized spacial score (nSPS) is 12.9. The first-order valence-corrected chi connectivity index (χ1v) is 6.86. The number of aliphatic hydroxyl groups is 1. The number of hydrogen-bond acceptors (Lipinski definition) is 4. The third-order valence-electron chi connectivity index (χ3n) is 4.17. The smallest absolute Gasteiger partial charge is 0.256 e. The Balaban J connectivity index is 2.36. The van der Waals surface area contributed by atoms with Crippen LogP contribution in [0.5, 0.6) is 11.5 Å². The summed E-state index contributed by atoms with van der Waals surface area (Å²) in [7, 11) is 1.46. The molecule has 110 valence electrons. The third-order valence-corrected chi connectivity index (χ3v) is 4.17. The minimum absolute atomic E-state index is 0.188. The van der Waals surface area contributed by atoms with E-state index in [-0.39, 0.29) is 23.0 Å². The predicted octanol–water partition coefficient (Wildman–Crippen LogP) is 2.77. The van der Waals surface area contributed by atoms with Gasteiger partial charge in [-0.25, -0.2) is 0 Å². The van der Waals surface area contributed by atoms with Crippen molar-refractivity contribution >= 4 is 33.1 Å². The zero-order valence-electron chi connectivity index (χ0n) is 11.8. The van der Waals surface area contributed by atoms with E-state index in [2.05, 4.69) is 5.32 Å². The summed E-state index contributed by atoms with van der Waals surface area (Å²) in [5, 5.41) is 26.0. The second-order valence-corrected chi connectivity index (χ2v) is 5.24. The lowest BCUT2D eigenvalue weighted by Crippen LogP contribution is -2.08. The van der Waals surface area contributed by atoms with Gasteiger partial charge in [-0.2, -0.15) is 0 Å². The molecule has 0 spiro atoms. The number of aromatic hydroxyl groups is 1. The Morgan fingerprint density at radius 1 is 1.23 bits per heavy atom. The molecule has 0 fully saturated rings. The van der Waals surface area contributed by atoms with Crippen LogP contribution in [0.2, 0.25) is 0 Å². The summed E-state index contributed by atoms with van der Waals surface area (Å²) in [6.45, 7) is -0.437. The Morgan fingerprint density at radius 3 is 2.73 bits per heavy atom. The van der Waals surface area contributed by atoms with Crippen molar-refractivity contribution in [1.29, 1.82) is 0 Å². The molecular formula is C17H13NO4. The number of aliphatic hydroxyl groups excluding tert-OH is 1. The fourth-order valence-electron chi connectivity index (χ4n) is 3.25. The van der Waals surface area contributed by atoms with Crippen molar-refractivity contribution in [2.75, 3.05) is 12.4 Å². The number of anilines is 1. The largest absolute Gasteiger partial charge is 0.504 e. The number of ether oxygens (including phenoxy) is 1. The fourth-order valence-corrected chi connectivity index (χ4v) is 3.25. The number of amides is 1. The molecule has 3 N–H and O–H groups in total. The summed E-state index contributed by atoms with van der Waals surface area (Å²) >= 11 is 0. The van der Waals surface area contributed by atoms with Gasteiger partial charge in [0.2, 0.25) is 0 Å². The molecule has 3 aromatic carbocycles. The van der Waals surface area contributed by atoms with Crippen LogP contribution in [0.1, 0.15) is 15.9 Å². The van der Waals surface area contributed by atoms with Crippen LogP contribution < -0.4 is 10.1 Å². The topological polar surface area (TPSA) is 78.8 Å². The zero-order chi connectivity index (χ0) is 15.4. The minimum Gasteiger partial charge on any atom is -0.504 e. The molecule has 0 radical (unpaired) electrons. The van der Waals surface area contributed by atoms with Gasteiger partial charge in [0.15, 0.2) is 11.5 Å². The average molecular weight is 295 g/mol. The number of methoxy groups -OCH3 is 1. The maximum atomic E-state index is 12.3. The van der Waals surface area contributed by atoms with Crippen LogP contribution in [-0.2, 0) is 6.61 Å². The lowest BCUT2D eigenvalue weighted by Gasteiger charge is -2.15. The van der Waals surface area contributed by atoms with E-state index in [1.807, 2.05) is 30.3 Å². The summed E-state index contributed by atoms with van der Waals surface area (Å²) in [6.07, 6.45) is 0. The van der Waals surface area contributed by atoms with Crippen molar-refractivity contribution in [1.82, 2.24) is 0 Å². The average Bonchev–Trinajstić information content (AvgIpc) is 2.84. The van der Waals surface area contributed by atoms with Gasteiger partial charge in [0.25, 0.3) is 5.91 Å². The summed E-state index contributed by atoms with van der Waals surface area (Å²) in [5.74, 6) is -0.235. The molecule has 0 aliphatic carbocycles. The van der Waals surface area contributed by atoms with Gasteiger partial charge < -0.3 is 20.3 Å². The Kier molecular flexibility index (Phi) is 2.55. The van der Waals surface area contributed by atoms with Crippen LogP contribution in [0.3, 0.4) is 0 Å². The molecule has 0 unspecified atom stereocenters. The van der Waals surface area contributed by atoms with Crippen molar-refractivity contribution in [3.05, 3.63) is 41.5 Å². The van der Waals surface area contributed by atoms with Crippen molar-refractivity contribution in [2.45, 2.75) is 6.61 Å². The van der Waals surface area contributed by atoms with Crippen LogP contribution in [0, 0.1) is 0 Å². The Bertz CT molecular complexity index is 962. The van der Waals surface area contributed by atoms with Crippen LogP contribution in [-0.4, -0.2) is 23.2 Å². The number of hydrogen-bond donors (Lipinski definition) is 3. The van der Waals surface area contributed by atoms with E-state index in [9.17, 15) is 15.0 Å². The number of fused-ring (bicyclic) bond motifs is 2. The highest BCUT2D eigenvalue weighted by Crippen LogP contribution is 2.49. The Hall–Kier alpha value is -2.79. The molecular weight excluding hydrogens is 282 g/mol. The van der Waals surface area contributed by atoms with Crippen molar-refractivity contribution in [3.63, 3.8) is 0 Å². The van der Waals surface area contributed by atoms with E-state index in [1.54, 1.807) is 0 Å². The van der Waals surface area contributed by atoms with E-state index in [0.29, 0.717) is 22.0 Å². The molecule has 0 aromatic heterocycles. The van der Waals surface area contributed by atoms with E-state index in [4.69, 9.17) is 4.74 Å². The van der Waals surface area contributed by atoms with E-state index in [1.165, 1.54) is 7.11 Å². The number of carbonyl (C=O) groups excluding carboxylic acids is 1. The predicted molar refractivity (Wildman–Crippen MR) is 83.5 cm³/mol. The van der Waals surface area contributed by atoms with Gasteiger partial charge in [-0.05, 0) is 16.8 Å². The van der Waals surface area contributed by atoms with Crippen molar-refractivity contribution < 1.29 is 19.7 Å². The number of nitrogens with one attached hydrogen (secondary N) is 1. The summed E-state index contributed by atoms with van der Waals surface area (Å²) < 4.78 is 5.38. The van der Waals surface area contributed by atoms with Gasteiger partial charge in [0, 0.05) is 16.3 Å². The second kappa shape index (κ2) is 4.35. The maximum absolute atomic E-state index is 12.3. The van der Waals surface area contributed by atoms with Crippen molar-refractivity contribution in [2.24, 2.45) is 0 Å². The highest BCUT2D eigenvalue weighted by Gasteiger charge is 2.31. The molecule has 0 bridgehead atoms. The monoisotopic (exact) mass is 295 g/mol. The van der Waals surface area contributed by atoms with E-state index < -0.39 is 6.61 Å². The molecule has 1 aliphatic rings. The van der Waals surface area contributed by atoms with Gasteiger partial charge in [0.05, 0.1) is 25.0 Å². The van der Waals surface area contributed by atoms with Crippen molar-refractivity contribution in [3.8, 4) is 11.5 Å². The molecule has 5 nitrogen and oxygen atoms in total. The molecule has 1 aliphatic heterocycles. The van der Waals surface area contributed by atoms with E-state index in [0.717, 1.165) is 10.8 Å². The van der Waals surface area contributed by atoms with Gasteiger partial charge in [-0.3, -0.25) is 4.79 Å². The molecule has 1 heterocycles. The molecule has 4 rings (SSSR count). The van der Waals surface area contributed by atoms with Crippen LogP contribution in [0.15, 0.2) is 30.3 Å². The van der Waals surface area contributed by atoms with E-state index >= 15 is 0 Å². The van der Waals surface area contributed by atoms with Gasteiger partial charge >= 0.3 is 0 Å². The molecule has 3 aromatic rings. The standard InChI is InChI=1S/C17H13NO4/c1-22-16-12-9-5-3-2-4-8(9)6-11-14(12)13(17(21)18-11)10(7-19)15(16)20/h2-6,19-20H,7H2,1H3,(H,18,21). The van der Waals surface area contributed by atoms with Gasteiger partial charge in [-0.1, -0.05) is 24.3 Å². The maximum Gasteiger partial charge on any atom is 0.256 e. The summed E-state index contributed by atoms with van der Waals surface area (Å²) in [6, 6.07) is 9.55. The van der Waals surface area contributed by atoms with Crippen LogP contribution in [0.25, 0.3) is 21.5 Å². The van der Waals surface area contributed by atoms with Crippen LogP contribution >= 0.6 is 0 Å². The molecule has 22 heavy (non-hydrogen) atoms. The first-order chi connectivity index (χ1) is 10.7. The number of benzene rings is 3. The number of rotatable bonds is 2. The molecule has 0 atom stereocenters. The molecule has 0 saturated carbocycles. The second-order valence-electron chi connectivity index (χ2n) is 5.24. The zero-order valence-corrected chi connectivity index (χ0v) is 11.8. The highest BCUT2D eigenvalue weighted by atomic mass is 16.5. The first kappa shape index (κ1) is 12.9. The van der Waals surface area contributed by atoms with Gasteiger partial charge in [0.1, 0.15) is 0 Å². The fraction of sp³-hybridized carbons (Fsp3) is 0.118. The Labute approximate surface area is 125 Å². The molecule has 1 amide bonds. The highest BCUT2D eigenvalue weighted by molar-refractivity contribution is 6.31.